The van der Waals surface area contributed by atoms with Crippen LogP contribution in [0.5, 0.6) is 0 Å². The number of carbonyl (C=O) groups excluding carboxylic acids is 1. The topological polar surface area (TPSA) is 50.7 Å². The lowest BCUT2D eigenvalue weighted by Crippen LogP contribution is -2.54. The van der Waals surface area contributed by atoms with Crippen LogP contribution in [0.4, 0.5) is 0 Å². The largest absolute Gasteiger partial charge is 0.391 e. The fourth-order valence-electron chi connectivity index (χ4n) is 7.77. The van der Waals surface area contributed by atoms with E-state index in [0.717, 1.165) is 64.0 Å². The second-order valence-electron chi connectivity index (χ2n) is 10.8. The fraction of sp³-hybridized carbons (Fsp3) is 0.833. The van der Waals surface area contributed by atoms with Crippen LogP contribution < -0.4 is 5.32 Å². The summed E-state index contributed by atoms with van der Waals surface area (Å²) < 4.78 is 0. The van der Waals surface area contributed by atoms with Crippen molar-refractivity contribution in [2.24, 2.45) is 39.7 Å². The fourth-order valence-corrected chi connectivity index (χ4v) is 7.77. The van der Waals surface area contributed by atoms with Crippen molar-refractivity contribution in [2.45, 2.75) is 77.7 Å². The van der Waals surface area contributed by atoms with Gasteiger partial charge in [-0.3, -0.25) is 4.79 Å². The predicted octanol–water partition coefficient (Wildman–Crippen LogP) is 4.92. The van der Waals surface area contributed by atoms with Gasteiger partial charge in [-0.15, -0.1) is 12.4 Å². The van der Waals surface area contributed by atoms with Crippen molar-refractivity contribution < 1.29 is 9.63 Å². The highest BCUT2D eigenvalue weighted by Gasteiger charge is 2.60. The number of nitrogens with zero attached hydrogens (tertiary/aromatic N) is 1. The van der Waals surface area contributed by atoms with Gasteiger partial charge >= 0.3 is 0 Å². The van der Waals surface area contributed by atoms with Gasteiger partial charge in [-0.25, -0.2) is 0 Å². The molecule has 0 aromatic heterocycles. The first-order valence-electron chi connectivity index (χ1n) is 11.5. The highest BCUT2D eigenvalue weighted by atomic mass is 35.5. The maximum absolute atomic E-state index is 12.6. The summed E-state index contributed by atoms with van der Waals surface area (Å²) in [4.78, 5) is 18.5. The molecule has 0 bridgehead atoms. The van der Waals surface area contributed by atoms with Crippen LogP contribution in [0, 0.1) is 34.5 Å². The molecule has 5 rings (SSSR count). The van der Waals surface area contributed by atoms with Crippen LogP contribution in [0.3, 0.4) is 0 Å². The summed E-state index contributed by atoms with van der Waals surface area (Å²) in [6.07, 6.45) is 9.96. The maximum Gasteiger partial charge on any atom is 0.141 e. The predicted molar refractivity (Wildman–Crippen MR) is 118 cm³/mol. The second-order valence-corrected chi connectivity index (χ2v) is 10.8. The van der Waals surface area contributed by atoms with E-state index in [-0.39, 0.29) is 23.9 Å². The molecule has 0 amide bonds. The van der Waals surface area contributed by atoms with E-state index >= 15 is 0 Å². The number of oxime groups is 1. The SMILES string of the molecule is C=C1C[C@@H]2[C@H](CC[C@]3(C)C(=O)CC[C@@H]23)[C@@]2(C)CCC(=NO[C@@H]3CCNC3)C[C@H]12.Cl. The van der Waals surface area contributed by atoms with Gasteiger partial charge in [0.25, 0.3) is 0 Å². The molecular weight excluding hydrogens is 384 g/mol. The molecule has 29 heavy (non-hydrogen) atoms. The minimum atomic E-state index is -0.0465. The Balaban J connectivity index is 0.00000205. The van der Waals surface area contributed by atoms with Crippen molar-refractivity contribution in [2.75, 3.05) is 13.1 Å². The molecule has 4 nitrogen and oxygen atoms in total. The van der Waals surface area contributed by atoms with Gasteiger partial charge in [0.1, 0.15) is 11.9 Å². The number of fused-ring (bicyclic) bond motifs is 5. The van der Waals surface area contributed by atoms with Crippen molar-refractivity contribution in [1.82, 2.24) is 5.32 Å². The van der Waals surface area contributed by atoms with E-state index in [0.29, 0.717) is 29.0 Å². The number of allylic oxidation sites excluding steroid dienone is 1. The van der Waals surface area contributed by atoms with Crippen LogP contribution in [-0.2, 0) is 9.63 Å². The Hall–Kier alpha value is -0.870. The number of hydrogen-bond donors (Lipinski definition) is 1. The molecule has 1 N–H and O–H groups in total. The Morgan fingerprint density at radius 1 is 1.10 bits per heavy atom. The summed E-state index contributed by atoms with van der Waals surface area (Å²) in [5.41, 5.74) is 2.93. The summed E-state index contributed by atoms with van der Waals surface area (Å²) in [5.74, 6) is 3.06. The Bertz CT molecular complexity index is 716. The zero-order valence-electron chi connectivity index (χ0n) is 18.0. The zero-order valence-corrected chi connectivity index (χ0v) is 18.9. The number of ketones is 1. The summed E-state index contributed by atoms with van der Waals surface area (Å²) in [6.45, 7) is 11.3. The summed E-state index contributed by atoms with van der Waals surface area (Å²) in [5, 5.41) is 7.93. The average Bonchev–Trinajstić information content (AvgIpc) is 3.29. The third-order valence-corrected chi connectivity index (χ3v) is 9.52. The summed E-state index contributed by atoms with van der Waals surface area (Å²) >= 11 is 0. The monoisotopic (exact) mass is 420 g/mol. The molecule has 4 aliphatic carbocycles. The lowest BCUT2D eigenvalue weighted by molar-refractivity contribution is -0.134. The van der Waals surface area contributed by atoms with Crippen LogP contribution in [0.2, 0.25) is 0 Å². The molecule has 1 aliphatic heterocycles. The molecule has 5 aliphatic rings. The van der Waals surface area contributed by atoms with Crippen molar-refractivity contribution in [1.29, 1.82) is 0 Å². The van der Waals surface area contributed by atoms with Gasteiger partial charge < -0.3 is 10.2 Å². The molecule has 0 radical (unpaired) electrons. The van der Waals surface area contributed by atoms with Gasteiger partial charge in [-0.2, -0.15) is 0 Å². The number of nitrogens with one attached hydrogen (secondary N) is 1. The number of halogens is 1. The normalized spacial score (nSPS) is 47.9. The van der Waals surface area contributed by atoms with Gasteiger partial charge in [0, 0.05) is 24.8 Å². The molecule has 162 valence electrons. The molecule has 5 heteroatoms. The Morgan fingerprint density at radius 2 is 1.93 bits per heavy atom. The molecule has 0 unspecified atom stereocenters. The zero-order chi connectivity index (χ0) is 19.5. The van der Waals surface area contributed by atoms with E-state index in [9.17, 15) is 4.79 Å². The number of carbonyl (C=O) groups is 1. The van der Waals surface area contributed by atoms with Crippen LogP contribution in [0.15, 0.2) is 17.3 Å². The van der Waals surface area contributed by atoms with Crippen LogP contribution >= 0.6 is 12.4 Å². The average molecular weight is 421 g/mol. The second kappa shape index (κ2) is 7.67. The maximum atomic E-state index is 12.6. The Labute approximate surface area is 181 Å². The first-order valence-corrected chi connectivity index (χ1v) is 11.5. The third-order valence-electron chi connectivity index (χ3n) is 9.52. The van der Waals surface area contributed by atoms with Gasteiger partial charge in [0.2, 0.25) is 0 Å². The van der Waals surface area contributed by atoms with E-state index in [1.807, 2.05) is 0 Å². The molecule has 1 heterocycles. The molecule has 0 aromatic rings. The number of Topliss-reactive ketones (excluding diaryl/α,β-unsaturated/α-hetero) is 1. The summed E-state index contributed by atoms with van der Waals surface area (Å²) in [7, 11) is 0. The van der Waals surface area contributed by atoms with Gasteiger partial charge in [0.15, 0.2) is 0 Å². The molecule has 5 fully saturated rings. The minimum Gasteiger partial charge on any atom is -0.391 e. The summed E-state index contributed by atoms with van der Waals surface area (Å²) in [6, 6.07) is 0. The van der Waals surface area contributed by atoms with E-state index < -0.39 is 0 Å². The standard InChI is InChI=1S/C24H36N2O2.ClH/c1-15-12-18-19-4-5-22(27)24(19,3)10-7-20(18)23(2)9-6-16(13-21(15)23)26-28-17-8-11-25-14-17;/h17-21,25H,1,4-14H2,2-3H3;1H/t17-,18+,19+,20+,21-,23-,24+;/m1./s1. The Morgan fingerprint density at radius 3 is 2.69 bits per heavy atom. The number of hydrogen-bond acceptors (Lipinski definition) is 4. The van der Waals surface area contributed by atoms with Gasteiger partial charge in [-0.1, -0.05) is 31.2 Å². The molecule has 1 saturated heterocycles. The van der Waals surface area contributed by atoms with Gasteiger partial charge in [0.05, 0.1) is 5.71 Å². The quantitative estimate of drug-likeness (QED) is 0.509. The van der Waals surface area contributed by atoms with Gasteiger partial charge in [-0.05, 0) is 80.6 Å². The molecule has 0 aromatic carbocycles. The van der Waals surface area contributed by atoms with Crippen LogP contribution in [0.25, 0.3) is 0 Å². The smallest absolute Gasteiger partial charge is 0.141 e. The van der Waals surface area contributed by atoms with E-state index in [1.165, 1.54) is 24.1 Å². The third kappa shape index (κ3) is 3.29. The Kier molecular flexibility index (Phi) is 5.65. The lowest BCUT2D eigenvalue weighted by Gasteiger charge is -2.60. The lowest BCUT2D eigenvalue weighted by atomic mass is 9.44. The van der Waals surface area contributed by atoms with E-state index in [4.69, 9.17) is 4.84 Å². The molecule has 4 saturated carbocycles. The first-order chi connectivity index (χ1) is 13.4. The molecule has 0 spiro atoms. The molecular formula is C24H37ClN2O2. The van der Waals surface area contributed by atoms with Crippen molar-refractivity contribution in [3.63, 3.8) is 0 Å². The number of rotatable bonds is 2. The van der Waals surface area contributed by atoms with Crippen molar-refractivity contribution >= 4 is 23.9 Å². The van der Waals surface area contributed by atoms with E-state index in [1.54, 1.807) is 0 Å². The minimum absolute atomic E-state index is 0. The van der Waals surface area contributed by atoms with E-state index in [2.05, 4.69) is 30.9 Å². The van der Waals surface area contributed by atoms with Crippen LogP contribution in [-0.4, -0.2) is 30.7 Å². The molecule has 7 atom stereocenters. The van der Waals surface area contributed by atoms with Crippen molar-refractivity contribution in [3.05, 3.63) is 12.2 Å². The first kappa shape index (κ1) is 21.4. The van der Waals surface area contributed by atoms with Crippen molar-refractivity contribution in [3.8, 4) is 0 Å². The van der Waals surface area contributed by atoms with Crippen LogP contribution in [0.1, 0.15) is 71.6 Å². The highest BCUT2D eigenvalue weighted by Crippen LogP contribution is 2.66. The highest BCUT2D eigenvalue weighted by molar-refractivity contribution is 5.87.